The third-order valence-corrected chi connectivity index (χ3v) is 7.52. The van der Waals surface area contributed by atoms with Crippen LogP contribution < -0.4 is 4.90 Å². The van der Waals surface area contributed by atoms with Crippen molar-refractivity contribution in [2.75, 3.05) is 25.0 Å². The Labute approximate surface area is 210 Å². The fourth-order valence-electron chi connectivity index (χ4n) is 4.56. The van der Waals surface area contributed by atoms with Crippen LogP contribution >= 0.6 is 22.9 Å². The molecule has 182 valence electrons. The van der Waals surface area contributed by atoms with E-state index in [0.717, 1.165) is 50.3 Å². The number of ether oxygens (including phenoxy) is 1. The van der Waals surface area contributed by atoms with E-state index in [9.17, 15) is 9.90 Å². The van der Waals surface area contributed by atoms with Crippen LogP contribution in [0, 0.1) is 0 Å². The van der Waals surface area contributed by atoms with Crippen molar-refractivity contribution in [3.8, 4) is 11.1 Å². The topological polar surface area (TPSA) is 65.9 Å². The van der Waals surface area contributed by atoms with Gasteiger partial charge in [-0.25, -0.2) is 4.79 Å². The van der Waals surface area contributed by atoms with Crippen LogP contribution in [0.25, 0.3) is 21.3 Å². The summed E-state index contributed by atoms with van der Waals surface area (Å²) in [6.07, 6.45) is 3.24. The van der Waals surface area contributed by atoms with Gasteiger partial charge in [0.1, 0.15) is 5.60 Å². The molecule has 6 nitrogen and oxygen atoms in total. The molecule has 1 N–H and O–H groups in total. The molecule has 2 aromatic heterocycles. The molecule has 1 aliphatic rings. The Hall–Kier alpha value is -2.35. The highest BCUT2D eigenvalue weighted by Gasteiger charge is 2.33. The summed E-state index contributed by atoms with van der Waals surface area (Å²) < 4.78 is 6.63. The van der Waals surface area contributed by atoms with Gasteiger partial charge in [-0.15, -0.1) is 11.3 Å². The van der Waals surface area contributed by atoms with Crippen LogP contribution in [0.15, 0.2) is 30.5 Å². The zero-order valence-corrected chi connectivity index (χ0v) is 22.0. The standard InChI is InChI=1S/C26H32ClN3O3S/c1-6-16-11-17(27)12-21(20-7-9-28-22-13-19(15-31)34-24(20)22)23(16)29(5)18-8-10-30(14-18)25(32)33-26(2,3)4/h7,9,11-13,18,31H,6,8,10,14-15H2,1-5H3. The lowest BCUT2D eigenvalue weighted by Crippen LogP contribution is -2.39. The molecule has 3 heterocycles. The second-order valence-corrected chi connectivity index (χ2v) is 11.3. The molecule has 0 bridgehead atoms. The van der Waals surface area contributed by atoms with Gasteiger partial charge in [0.25, 0.3) is 0 Å². The van der Waals surface area contributed by atoms with Gasteiger partial charge in [-0.1, -0.05) is 18.5 Å². The van der Waals surface area contributed by atoms with Crippen molar-refractivity contribution < 1.29 is 14.6 Å². The van der Waals surface area contributed by atoms with Crippen LogP contribution in [0.4, 0.5) is 10.5 Å². The van der Waals surface area contributed by atoms with Gasteiger partial charge in [-0.05, 0) is 63.4 Å². The number of benzene rings is 1. The summed E-state index contributed by atoms with van der Waals surface area (Å²) in [4.78, 5) is 22.1. The number of likely N-dealkylation sites (N-methyl/N-ethyl adjacent to an activating group) is 1. The minimum atomic E-state index is -0.513. The predicted molar refractivity (Wildman–Crippen MR) is 140 cm³/mol. The number of anilines is 1. The lowest BCUT2D eigenvalue weighted by molar-refractivity contribution is 0.0292. The average Bonchev–Trinajstić information content (AvgIpc) is 3.44. The largest absolute Gasteiger partial charge is 0.444 e. The third kappa shape index (κ3) is 5.02. The van der Waals surface area contributed by atoms with Crippen LogP contribution in [0.5, 0.6) is 0 Å². The number of carbonyl (C=O) groups excluding carboxylic acids is 1. The Morgan fingerprint density at radius 3 is 2.76 bits per heavy atom. The Bertz CT molecular complexity index is 1200. The summed E-state index contributed by atoms with van der Waals surface area (Å²) in [7, 11) is 2.10. The number of aromatic nitrogens is 1. The van der Waals surface area contributed by atoms with Gasteiger partial charge in [0.15, 0.2) is 0 Å². The summed E-state index contributed by atoms with van der Waals surface area (Å²) >= 11 is 8.14. The molecule has 0 radical (unpaired) electrons. The highest BCUT2D eigenvalue weighted by Crippen LogP contribution is 2.42. The minimum Gasteiger partial charge on any atom is -0.444 e. The lowest BCUT2D eigenvalue weighted by Gasteiger charge is -2.31. The third-order valence-electron chi connectivity index (χ3n) is 6.16. The number of pyridine rings is 1. The first-order chi connectivity index (χ1) is 16.1. The maximum Gasteiger partial charge on any atom is 0.410 e. The molecule has 1 fully saturated rings. The molecule has 3 aromatic rings. The minimum absolute atomic E-state index is 0.00838. The maximum absolute atomic E-state index is 12.6. The van der Waals surface area contributed by atoms with Crippen molar-refractivity contribution in [2.45, 2.75) is 58.8 Å². The first kappa shape index (κ1) is 24.8. The van der Waals surface area contributed by atoms with Crippen molar-refractivity contribution in [1.82, 2.24) is 9.88 Å². The van der Waals surface area contributed by atoms with Crippen LogP contribution in [0.3, 0.4) is 0 Å². The van der Waals surface area contributed by atoms with Gasteiger partial charge in [0.05, 0.1) is 16.8 Å². The molecule has 0 aliphatic carbocycles. The lowest BCUT2D eigenvalue weighted by atomic mass is 9.97. The molecular weight excluding hydrogens is 470 g/mol. The van der Waals surface area contributed by atoms with Gasteiger partial charge in [-0.3, -0.25) is 4.98 Å². The van der Waals surface area contributed by atoms with Crippen molar-refractivity contribution in [1.29, 1.82) is 0 Å². The van der Waals surface area contributed by atoms with E-state index in [-0.39, 0.29) is 18.7 Å². The van der Waals surface area contributed by atoms with E-state index >= 15 is 0 Å². The number of amides is 1. The number of thiophene rings is 1. The molecule has 1 saturated heterocycles. The van der Waals surface area contributed by atoms with E-state index in [0.29, 0.717) is 18.1 Å². The number of hydrogen-bond donors (Lipinski definition) is 1. The highest BCUT2D eigenvalue weighted by molar-refractivity contribution is 7.19. The summed E-state index contributed by atoms with van der Waals surface area (Å²) in [5.74, 6) is 0. The smallest absolute Gasteiger partial charge is 0.410 e. The number of aliphatic hydroxyl groups excluding tert-OH is 1. The van der Waals surface area contributed by atoms with E-state index in [2.05, 4.69) is 23.9 Å². The monoisotopic (exact) mass is 501 g/mol. The van der Waals surface area contributed by atoms with Crippen LogP contribution in [0.1, 0.15) is 44.6 Å². The van der Waals surface area contributed by atoms with E-state index in [1.807, 2.05) is 51.2 Å². The molecule has 1 unspecified atom stereocenters. The van der Waals surface area contributed by atoms with E-state index in [1.54, 1.807) is 16.2 Å². The number of nitrogens with zero attached hydrogens (tertiary/aromatic N) is 3. The number of halogens is 1. The highest BCUT2D eigenvalue weighted by atomic mass is 35.5. The quantitative estimate of drug-likeness (QED) is 0.456. The fraction of sp³-hybridized carbons (Fsp3) is 0.462. The zero-order chi connectivity index (χ0) is 24.6. The molecular formula is C26H32ClN3O3S. The predicted octanol–water partition coefficient (Wildman–Crippen LogP) is 6.12. The van der Waals surface area contributed by atoms with E-state index in [4.69, 9.17) is 16.3 Å². The summed E-state index contributed by atoms with van der Waals surface area (Å²) in [5.41, 5.74) is 4.73. The number of likely N-dealkylation sites (tertiary alicyclic amines) is 1. The summed E-state index contributed by atoms with van der Waals surface area (Å²) in [5, 5.41) is 10.4. The molecule has 4 rings (SSSR count). The number of hydrogen-bond acceptors (Lipinski definition) is 6. The number of rotatable bonds is 5. The Balaban J connectivity index is 1.73. The summed E-state index contributed by atoms with van der Waals surface area (Å²) in [6, 6.07) is 8.16. The maximum atomic E-state index is 12.6. The average molecular weight is 502 g/mol. The molecule has 8 heteroatoms. The van der Waals surface area contributed by atoms with E-state index in [1.165, 1.54) is 0 Å². The van der Waals surface area contributed by atoms with Crippen molar-refractivity contribution in [3.05, 3.63) is 45.9 Å². The van der Waals surface area contributed by atoms with Crippen molar-refractivity contribution >= 4 is 44.9 Å². The van der Waals surface area contributed by atoms with Gasteiger partial charge in [0, 0.05) is 59.1 Å². The molecule has 1 atom stereocenters. The second kappa shape index (κ2) is 9.72. The molecule has 0 saturated carbocycles. The van der Waals surface area contributed by atoms with Gasteiger partial charge in [-0.2, -0.15) is 0 Å². The van der Waals surface area contributed by atoms with Crippen LogP contribution in [0.2, 0.25) is 5.02 Å². The first-order valence-electron chi connectivity index (χ1n) is 11.6. The molecule has 1 aliphatic heterocycles. The van der Waals surface area contributed by atoms with Crippen LogP contribution in [-0.4, -0.2) is 52.9 Å². The number of aryl methyl sites for hydroxylation is 1. The number of fused-ring (bicyclic) bond motifs is 1. The van der Waals surface area contributed by atoms with Crippen LogP contribution in [-0.2, 0) is 17.8 Å². The Morgan fingerprint density at radius 2 is 2.09 bits per heavy atom. The van der Waals surface area contributed by atoms with Gasteiger partial charge >= 0.3 is 6.09 Å². The van der Waals surface area contributed by atoms with Gasteiger partial charge < -0.3 is 19.6 Å². The first-order valence-corrected chi connectivity index (χ1v) is 12.8. The second-order valence-electron chi connectivity index (χ2n) is 9.74. The van der Waals surface area contributed by atoms with Crippen molar-refractivity contribution in [3.63, 3.8) is 0 Å². The normalized spacial score (nSPS) is 16.3. The van der Waals surface area contributed by atoms with Crippen molar-refractivity contribution in [2.24, 2.45) is 0 Å². The van der Waals surface area contributed by atoms with Gasteiger partial charge in [0.2, 0.25) is 0 Å². The number of aliphatic hydroxyl groups is 1. The summed E-state index contributed by atoms with van der Waals surface area (Å²) in [6.45, 7) is 9.06. The zero-order valence-electron chi connectivity index (χ0n) is 20.4. The Kier molecular flexibility index (Phi) is 7.08. The Morgan fingerprint density at radius 1 is 1.32 bits per heavy atom. The fourth-order valence-corrected chi connectivity index (χ4v) is 5.80. The molecule has 1 aromatic carbocycles. The molecule has 1 amide bonds. The SMILES string of the molecule is CCc1cc(Cl)cc(-c2ccnc3cc(CO)sc23)c1N(C)C1CCN(C(=O)OC(C)(C)C)C1. The number of carbonyl (C=O) groups is 1. The molecule has 34 heavy (non-hydrogen) atoms. The molecule has 0 spiro atoms. The van der Waals surface area contributed by atoms with E-state index < -0.39 is 5.60 Å².